The van der Waals surface area contributed by atoms with Crippen LogP contribution in [0.15, 0.2) is 35.1 Å². The van der Waals surface area contributed by atoms with Gasteiger partial charge in [0, 0.05) is 17.5 Å². The number of rotatable bonds is 5. The van der Waals surface area contributed by atoms with Crippen LogP contribution in [0.5, 0.6) is 11.8 Å². The van der Waals surface area contributed by atoms with Gasteiger partial charge in [0.25, 0.3) is 5.56 Å². The quantitative estimate of drug-likeness (QED) is 0.738. The molecule has 0 unspecified atom stereocenters. The maximum Gasteiger partial charge on any atom is 0.253 e. The minimum atomic E-state index is -0.224. The first-order chi connectivity index (χ1) is 11.6. The summed E-state index contributed by atoms with van der Waals surface area (Å²) in [7, 11) is 3.01. The van der Waals surface area contributed by atoms with Crippen LogP contribution in [0.2, 0.25) is 5.02 Å². The van der Waals surface area contributed by atoms with Crippen molar-refractivity contribution in [3.63, 3.8) is 0 Å². The zero-order valence-electron chi connectivity index (χ0n) is 13.1. The number of halogens is 1. The third-order valence-corrected chi connectivity index (χ3v) is 3.76. The Kier molecular flexibility index (Phi) is 4.52. The molecule has 0 bridgehead atoms. The van der Waals surface area contributed by atoms with Crippen molar-refractivity contribution in [3.8, 4) is 11.8 Å². The van der Waals surface area contributed by atoms with E-state index in [0.29, 0.717) is 33.8 Å². The average Bonchev–Trinajstić information content (AvgIpc) is 2.60. The van der Waals surface area contributed by atoms with Gasteiger partial charge in [-0.25, -0.2) is 0 Å². The summed E-state index contributed by atoms with van der Waals surface area (Å²) in [5, 5.41) is 4.35. The second kappa shape index (κ2) is 6.76. The van der Waals surface area contributed by atoms with Crippen molar-refractivity contribution in [2.75, 3.05) is 19.5 Å². The van der Waals surface area contributed by atoms with E-state index in [9.17, 15) is 4.79 Å². The van der Waals surface area contributed by atoms with Gasteiger partial charge in [0.15, 0.2) is 0 Å². The van der Waals surface area contributed by atoms with Gasteiger partial charge in [0.05, 0.1) is 30.8 Å². The molecule has 2 aromatic heterocycles. The Labute approximate surface area is 142 Å². The number of nitrogens with one attached hydrogen (secondary N) is 2. The van der Waals surface area contributed by atoms with Crippen LogP contribution >= 0.6 is 11.6 Å². The summed E-state index contributed by atoms with van der Waals surface area (Å²) in [5.41, 5.74) is 0.931. The second-order valence-electron chi connectivity index (χ2n) is 4.96. The summed E-state index contributed by atoms with van der Waals surface area (Å²) in [6, 6.07) is 8.79. The first kappa shape index (κ1) is 16.1. The van der Waals surface area contributed by atoms with E-state index >= 15 is 0 Å². The highest BCUT2D eigenvalue weighted by Gasteiger charge is 2.08. The monoisotopic (exact) mass is 346 g/mol. The molecule has 0 fully saturated rings. The van der Waals surface area contributed by atoms with Crippen molar-refractivity contribution in [3.05, 3.63) is 51.3 Å². The number of para-hydroxylation sites is 1. The van der Waals surface area contributed by atoms with E-state index in [0.717, 1.165) is 5.39 Å². The number of aromatic nitrogens is 3. The predicted octanol–water partition coefficient (Wildman–Crippen LogP) is 2.60. The summed E-state index contributed by atoms with van der Waals surface area (Å²) in [5.74, 6) is 1.03. The Morgan fingerprint density at radius 1 is 1.17 bits per heavy atom. The normalized spacial score (nSPS) is 10.6. The fraction of sp³-hybridized carbons (Fsp3) is 0.188. The van der Waals surface area contributed by atoms with E-state index in [1.807, 2.05) is 12.1 Å². The molecule has 3 rings (SSSR count). The molecule has 0 saturated heterocycles. The molecule has 7 nitrogen and oxygen atoms in total. The molecule has 2 heterocycles. The van der Waals surface area contributed by atoms with Crippen molar-refractivity contribution in [2.24, 2.45) is 0 Å². The number of pyridine rings is 1. The van der Waals surface area contributed by atoms with Gasteiger partial charge in [0.2, 0.25) is 17.7 Å². The van der Waals surface area contributed by atoms with Crippen LogP contribution < -0.4 is 20.3 Å². The van der Waals surface area contributed by atoms with Crippen LogP contribution in [0.1, 0.15) is 5.56 Å². The maximum absolute atomic E-state index is 12.2. The molecule has 0 aliphatic carbocycles. The largest absolute Gasteiger partial charge is 0.481 e. The molecule has 0 aliphatic heterocycles. The lowest BCUT2D eigenvalue weighted by molar-refractivity contribution is 0.373. The van der Waals surface area contributed by atoms with Crippen molar-refractivity contribution in [2.45, 2.75) is 6.54 Å². The molecular weight excluding hydrogens is 332 g/mol. The number of benzene rings is 1. The molecule has 0 atom stereocenters. The van der Waals surface area contributed by atoms with E-state index in [-0.39, 0.29) is 12.1 Å². The van der Waals surface area contributed by atoms with E-state index < -0.39 is 0 Å². The summed E-state index contributed by atoms with van der Waals surface area (Å²) in [6.45, 7) is 0.244. The summed E-state index contributed by atoms with van der Waals surface area (Å²) >= 11 is 6.09. The molecule has 0 amide bonds. The number of hydrogen-bond acceptors (Lipinski definition) is 6. The molecule has 3 aromatic rings. The number of methoxy groups -OCH3 is 2. The van der Waals surface area contributed by atoms with Crippen LogP contribution in [0.25, 0.3) is 10.9 Å². The molecule has 2 N–H and O–H groups in total. The average molecular weight is 347 g/mol. The Hall–Kier alpha value is -2.80. The van der Waals surface area contributed by atoms with Gasteiger partial charge in [-0.1, -0.05) is 23.7 Å². The lowest BCUT2D eigenvalue weighted by Gasteiger charge is -2.09. The standard InChI is InChI=1S/C16H15ClN4O3/c1-23-12-7-13(24-2)20-16(19-12)18-8-10-6-9-4-3-5-11(17)14(9)21-15(10)22/h3-7H,8H2,1-2H3,(H,21,22)(H,18,19,20). The van der Waals surface area contributed by atoms with E-state index in [1.54, 1.807) is 18.2 Å². The highest BCUT2D eigenvalue weighted by atomic mass is 35.5. The Morgan fingerprint density at radius 2 is 1.88 bits per heavy atom. The summed E-state index contributed by atoms with van der Waals surface area (Å²) in [6.07, 6.45) is 0. The highest BCUT2D eigenvalue weighted by Crippen LogP contribution is 2.21. The molecule has 124 valence electrons. The first-order valence-electron chi connectivity index (χ1n) is 7.12. The number of H-pyrrole nitrogens is 1. The molecule has 8 heteroatoms. The van der Waals surface area contributed by atoms with Gasteiger partial charge in [0.1, 0.15) is 0 Å². The number of fused-ring (bicyclic) bond motifs is 1. The van der Waals surface area contributed by atoms with Crippen molar-refractivity contribution >= 4 is 28.5 Å². The van der Waals surface area contributed by atoms with Gasteiger partial charge in [-0.2, -0.15) is 9.97 Å². The summed E-state index contributed by atoms with van der Waals surface area (Å²) < 4.78 is 10.2. The lowest BCUT2D eigenvalue weighted by atomic mass is 10.1. The fourth-order valence-corrected chi connectivity index (χ4v) is 2.47. The summed E-state index contributed by atoms with van der Waals surface area (Å²) in [4.78, 5) is 23.3. The molecule has 0 aliphatic rings. The number of ether oxygens (including phenoxy) is 2. The zero-order valence-corrected chi connectivity index (χ0v) is 13.8. The third-order valence-electron chi connectivity index (χ3n) is 3.44. The highest BCUT2D eigenvalue weighted by molar-refractivity contribution is 6.35. The van der Waals surface area contributed by atoms with Gasteiger partial charge in [-0.3, -0.25) is 4.79 Å². The van der Waals surface area contributed by atoms with Crippen molar-refractivity contribution < 1.29 is 9.47 Å². The second-order valence-corrected chi connectivity index (χ2v) is 5.36. The van der Waals surface area contributed by atoms with E-state index in [2.05, 4.69) is 20.3 Å². The van der Waals surface area contributed by atoms with Crippen LogP contribution in [-0.4, -0.2) is 29.2 Å². The number of aromatic amines is 1. The number of nitrogens with zero attached hydrogens (tertiary/aromatic N) is 2. The molecule has 0 spiro atoms. The SMILES string of the molecule is COc1cc(OC)nc(NCc2cc3cccc(Cl)c3[nH]c2=O)n1. The third kappa shape index (κ3) is 3.26. The fourth-order valence-electron chi connectivity index (χ4n) is 2.24. The van der Waals surface area contributed by atoms with Gasteiger partial charge < -0.3 is 19.8 Å². The minimum absolute atomic E-state index is 0.224. The molecular formula is C16H15ClN4O3. The van der Waals surface area contributed by atoms with Crippen LogP contribution in [0, 0.1) is 0 Å². The first-order valence-corrected chi connectivity index (χ1v) is 7.50. The topological polar surface area (TPSA) is 89.1 Å². The van der Waals surface area contributed by atoms with Crippen LogP contribution in [0.4, 0.5) is 5.95 Å². The Bertz CT molecular complexity index is 920. The van der Waals surface area contributed by atoms with Gasteiger partial charge >= 0.3 is 0 Å². The lowest BCUT2D eigenvalue weighted by Crippen LogP contribution is -2.16. The number of anilines is 1. The molecule has 24 heavy (non-hydrogen) atoms. The molecule has 0 radical (unpaired) electrons. The van der Waals surface area contributed by atoms with Crippen LogP contribution in [-0.2, 0) is 6.54 Å². The van der Waals surface area contributed by atoms with Crippen molar-refractivity contribution in [1.82, 2.24) is 15.0 Å². The Balaban J connectivity index is 1.88. The number of hydrogen-bond donors (Lipinski definition) is 2. The molecule has 0 saturated carbocycles. The predicted molar refractivity (Wildman–Crippen MR) is 92.0 cm³/mol. The smallest absolute Gasteiger partial charge is 0.253 e. The van der Waals surface area contributed by atoms with Gasteiger partial charge in [-0.05, 0) is 12.1 Å². The van der Waals surface area contributed by atoms with E-state index in [4.69, 9.17) is 21.1 Å². The van der Waals surface area contributed by atoms with Crippen molar-refractivity contribution in [1.29, 1.82) is 0 Å². The van der Waals surface area contributed by atoms with E-state index in [1.165, 1.54) is 14.2 Å². The zero-order chi connectivity index (χ0) is 17.1. The Morgan fingerprint density at radius 3 is 2.54 bits per heavy atom. The molecule has 1 aromatic carbocycles. The van der Waals surface area contributed by atoms with Crippen LogP contribution in [0.3, 0.4) is 0 Å². The minimum Gasteiger partial charge on any atom is -0.481 e. The maximum atomic E-state index is 12.2. The van der Waals surface area contributed by atoms with Gasteiger partial charge in [-0.15, -0.1) is 0 Å².